The number of hydrogen-bond acceptors (Lipinski definition) is 4. The Kier molecular flexibility index (Phi) is 6.22. The number of urea groups is 1. The number of amides is 2. The van der Waals surface area contributed by atoms with Crippen LogP contribution in [0.3, 0.4) is 0 Å². The van der Waals surface area contributed by atoms with Crippen molar-refractivity contribution in [1.29, 1.82) is 0 Å². The van der Waals surface area contributed by atoms with Gasteiger partial charge in [-0.25, -0.2) is 4.79 Å². The van der Waals surface area contributed by atoms with Crippen LogP contribution in [0.1, 0.15) is 52.7 Å². The van der Waals surface area contributed by atoms with E-state index in [2.05, 4.69) is 33.9 Å². The Labute approximate surface area is 193 Å². The second-order valence-electron chi connectivity index (χ2n) is 8.85. The molecule has 8 heteroatoms. The fraction of sp³-hybridized carbons (Fsp3) is 0.375. The molecule has 0 bridgehead atoms. The first-order valence-corrected chi connectivity index (χ1v) is 10.8. The highest BCUT2D eigenvalue weighted by Gasteiger charge is 2.28. The van der Waals surface area contributed by atoms with Crippen LogP contribution >= 0.6 is 12.4 Å². The Morgan fingerprint density at radius 2 is 1.97 bits per heavy atom. The SMILES string of the molecule is CN(C)CC(=O)n1ncc2c(NC(=O)NC3CCc4cc(C5CC5)ccc43)cccc21.Cl. The van der Waals surface area contributed by atoms with E-state index in [4.69, 9.17) is 0 Å². The van der Waals surface area contributed by atoms with Crippen LogP contribution in [0.4, 0.5) is 10.5 Å². The summed E-state index contributed by atoms with van der Waals surface area (Å²) < 4.78 is 1.39. The first-order chi connectivity index (χ1) is 15.0. The molecular weight excluding hydrogens is 426 g/mol. The lowest BCUT2D eigenvalue weighted by atomic mass is 10.0. The number of fused-ring (bicyclic) bond motifs is 2. The Morgan fingerprint density at radius 1 is 1.16 bits per heavy atom. The molecule has 7 nitrogen and oxygen atoms in total. The average Bonchev–Trinajstić information content (AvgIpc) is 3.37. The lowest BCUT2D eigenvalue weighted by Crippen LogP contribution is -2.31. The van der Waals surface area contributed by atoms with Gasteiger partial charge in [0.25, 0.3) is 5.91 Å². The topological polar surface area (TPSA) is 79.3 Å². The van der Waals surface area contributed by atoms with E-state index in [-0.39, 0.29) is 36.9 Å². The van der Waals surface area contributed by atoms with Gasteiger partial charge in [-0.2, -0.15) is 9.78 Å². The lowest BCUT2D eigenvalue weighted by molar-refractivity contribution is 0.0866. The Bertz CT molecular complexity index is 1170. The Hall–Kier alpha value is -2.90. The van der Waals surface area contributed by atoms with Crippen LogP contribution in [0, 0.1) is 0 Å². The van der Waals surface area contributed by atoms with Crippen LogP contribution in [-0.4, -0.2) is 47.3 Å². The number of benzene rings is 2. The summed E-state index contributed by atoms with van der Waals surface area (Å²) in [5.41, 5.74) is 5.35. The lowest BCUT2D eigenvalue weighted by Gasteiger charge is -2.16. The van der Waals surface area contributed by atoms with Gasteiger partial charge in [0.05, 0.1) is 30.0 Å². The van der Waals surface area contributed by atoms with Gasteiger partial charge in [0, 0.05) is 5.39 Å². The van der Waals surface area contributed by atoms with E-state index in [1.165, 1.54) is 34.2 Å². The molecule has 1 heterocycles. The van der Waals surface area contributed by atoms with E-state index < -0.39 is 0 Å². The number of nitrogens with one attached hydrogen (secondary N) is 2. The molecule has 168 valence electrons. The molecule has 0 saturated heterocycles. The first kappa shape index (κ1) is 22.3. The van der Waals surface area contributed by atoms with Crippen molar-refractivity contribution in [3.63, 3.8) is 0 Å². The molecule has 32 heavy (non-hydrogen) atoms. The second-order valence-corrected chi connectivity index (χ2v) is 8.85. The number of carbonyl (C=O) groups is 2. The minimum absolute atomic E-state index is 0. The smallest absolute Gasteiger partial charge is 0.319 e. The van der Waals surface area contributed by atoms with Gasteiger partial charge >= 0.3 is 6.03 Å². The average molecular weight is 454 g/mol. The van der Waals surface area contributed by atoms with Crippen molar-refractivity contribution in [3.8, 4) is 0 Å². The first-order valence-electron chi connectivity index (χ1n) is 10.8. The Morgan fingerprint density at radius 3 is 2.72 bits per heavy atom. The fourth-order valence-electron chi connectivity index (χ4n) is 4.47. The van der Waals surface area contributed by atoms with Crippen molar-refractivity contribution < 1.29 is 9.59 Å². The number of hydrogen-bond donors (Lipinski definition) is 2. The predicted octanol–water partition coefficient (Wildman–Crippen LogP) is 4.35. The summed E-state index contributed by atoms with van der Waals surface area (Å²) in [5.74, 6) is 0.626. The third-order valence-electron chi connectivity index (χ3n) is 6.15. The molecule has 2 aliphatic carbocycles. The zero-order chi connectivity index (χ0) is 21.5. The van der Waals surface area contributed by atoms with Gasteiger partial charge in [-0.05, 0) is 74.5 Å². The maximum Gasteiger partial charge on any atom is 0.319 e. The van der Waals surface area contributed by atoms with Crippen molar-refractivity contribution >= 4 is 40.9 Å². The summed E-state index contributed by atoms with van der Waals surface area (Å²) in [6.07, 6.45) is 6.13. The van der Waals surface area contributed by atoms with Gasteiger partial charge in [0.15, 0.2) is 0 Å². The third-order valence-corrected chi connectivity index (χ3v) is 6.15. The third kappa shape index (κ3) is 4.36. The number of anilines is 1. The molecular formula is C24H28ClN5O2. The van der Waals surface area contributed by atoms with E-state index in [9.17, 15) is 9.59 Å². The fourth-order valence-corrected chi connectivity index (χ4v) is 4.47. The number of nitrogens with zero attached hydrogens (tertiary/aromatic N) is 3. The van der Waals surface area contributed by atoms with Gasteiger partial charge in [-0.1, -0.05) is 24.3 Å². The quantitative estimate of drug-likeness (QED) is 0.602. The van der Waals surface area contributed by atoms with E-state index in [0.717, 1.165) is 24.1 Å². The highest BCUT2D eigenvalue weighted by Crippen LogP contribution is 2.42. The number of aromatic nitrogens is 2. The maximum absolute atomic E-state index is 12.8. The van der Waals surface area contributed by atoms with Crippen LogP contribution in [-0.2, 0) is 6.42 Å². The molecule has 1 aromatic heterocycles. The zero-order valence-electron chi connectivity index (χ0n) is 18.3. The van der Waals surface area contributed by atoms with E-state index >= 15 is 0 Å². The number of halogens is 1. The highest BCUT2D eigenvalue weighted by molar-refractivity contribution is 6.03. The molecule has 1 atom stereocenters. The van der Waals surface area contributed by atoms with Crippen molar-refractivity contribution in [1.82, 2.24) is 20.0 Å². The Balaban J connectivity index is 0.00000245. The predicted molar refractivity (Wildman–Crippen MR) is 128 cm³/mol. The summed E-state index contributed by atoms with van der Waals surface area (Å²) in [4.78, 5) is 27.0. The molecule has 3 aromatic rings. The molecule has 5 rings (SSSR count). The van der Waals surface area contributed by atoms with Gasteiger partial charge in [0.2, 0.25) is 0 Å². The van der Waals surface area contributed by atoms with Gasteiger partial charge < -0.3 is 15.5 Å². The summed E-state index contributed by atoms with van der Waals surface area (Å²) in [6, 6.07) is 12.0. The van der Waals surface area contributed by atoms with Gasteiger partial charge in [-0.15, -0.1) is 12.4 Å². The summed E-state index contributed by atoms with van der Waals surface area (Å²) in [6.45, 7) is 0.262. The maximum atomic E-state index is 12.8. The number of likely N-dealkylation sites (N-methyl/N-ethyl adjacent to an activating group) is 1. The van der Waals surface area contributed by atoms with E-state index in [1.807, 2.05) is 32.3 Å². The molecule has 1 unspecified atom stereocenters. The van der Waals surface area contributed by atoms with Crippen molar-refractivity contribution in [2.45, 2.75) is 37.6 Å². The van der Waals surface area contributed by atoms with Crippen LogP contribution < -0.4 is 10.6 Å². The highest BCUT2D eigenvalue weighted by atomic mass is 35.5. The molecule has 1 saturated carbocycles. The normalized spacial score (nSPS) is 17.2. The minimum Gasteiger partial charge on any atom is -0.331 e. The van der Waals surface area contributed by atoms with Crippen LogP contribution in [0.25, 0.3) is 10.9 Å². The minimum atomic E-state index is -0.246. The molecule has 2 amide bonds. The molecule has 1 fully saturated rings. The molecule has 0 radical (unpaired) electrons. The molecule has 2 aromatic carbocycles. The van der Waals surface area contributed by atoms with Crippen LogP contribution in [0.2, 0.25) is 0 Å². The molecule has 2 aliphatic rings. The number of aryl methyl sites for hydroxylation is 1. The van der Waals surface area contributed by atoms with E-state index in [0.29, 0.717) is 11.2 Å². The summed E-state index contributed by atoms with van der Waals surface area (Å²) in [7, 11) is 3.68. The van der Waals surface area contributed by atoms with Crippen molar-refractivity contribution in [2.75, 3.05) is 26.0 Å². The van der Waals surface area contributed by atoms with Crippen molar-refractivity contribution in [2.24, 2.45) is 0 Å². The summed E-state index contributed by atoms with van der Waals surface area (Å²) in [5, 5.41) is 11.1. The monoisotopic (exact) mass is 453 g/mol. The van der Waals surface area contributed by atoms with Crippen molar-refractivity contribution in [3.05, 3.63) is 59.3 Å². The number of carbonyl (C=O) groups excluding carboxylic acids is 2. The molecule has 0 spiro atoms. The largest absolute Gasteiger partial charge is 0.331 e. The van der Waals surface area contributed by atoms with Crippen LogP contribution in [0.15, 0.2) is 42.6 Å². The van der Waals surface area contributed by atoms with Gasteiger partial charge in [0.1, 0.15) is 0 Å². The molecule has 0 aliphatic heterocycles. The second kappa shape index (κ2) is 8.92. The zero-order valence-corrected chi connectivity index (χ0v) is 19.1. The molecule has 2 N–H and O–H groups in total. The summed E-state index contributed by atoms with van der Waals surface area (Å²) >= 11 is 0. The standard InChI is InChI=1S/C24H27N5O2.ClH/c1-28(2)14-23(30)29-22-5-3-4-20(19(22)13-25-29)26-24(31)27-21-11-9-17-12-16(15-6-7-15)8-10-18(17)21;/h3-5,8,10,12-13,15,21H,6-7,9,11,14H2,1-2H3,(H2,26,27,31);1H. The van der Waals surface area contributed by atoms with Crippen LogP contribution in [0.5, 0.6) is 0 Å². The van der Waals surface area contributed by atoms with E-state index in [1.54, 1.807) is 11.1 Å². The number of rotatable bonds is 5. The van der Waals surface area contributed by atoms with Gasteiger partial charge in [-0.3, -0.25) is 4.79 Å².